The predicted molar refractivity (Wildman–Crippen MR) is 65.5 cm³/mol. The van der Waals surface area contributed by atoms with E-state index in [2.05, 4.69) is 13.5 Å². The molecule has 0 N–H and O–H groups in total. The zero-order chi connectivity index (χ0) is 11.6. The fourth-order valence-electron chi connectivity index (χ4n) is 1.39. The summed E-state index contributed by atoms with van der Waals surface area (Å²) in [5.74, 6) is -0.784. The van der Waals surface area contributed by atoms with E-state index in [1.165, 1.54) is 0 Å². The van der Waals surface area contributed by atoms with Crippen LogP contribution in [0.1, 0.15) is 33.6 Å². The molecular formula is C11H24O3Si. The Morgan fingerprint density at radius 3 is 2.20 bits per heavy atom. The maximum absolute atomic E-state index is 5.81. The van der Waals surface area contributed by atoms with Gasteiger partial charge in [0.15, 0.2) is 9.76 Å². The van der Waals surface area contributed by atoms with E-state index in [0.29, 0.717) is 13.2 Å². The van der Waals surface area contributed by atoms with Gasteiger partial charge in [0.25, 0.3) is 5.97 Å². The Morgan fingerprint density at radius 2 is 1.80 bits per heavy atom. The van der Waals surface area contributed by atoms with Crippen LogP contribution < -0.4 is 0 Å². The minimum atomic E-state index is -0.784. The van der Waals surface area contributed by atoms with Gasteiger partial charge in [-0.1, -0.05) is 13.0 Å². The quantitative estimate of drug-likeness (QED) is 0.250. The van der Waals surface area contributed by atoms with Crippen molar-refractivity contribution in [1.29, 1.82) is 0 Å². The minimum Gasteiger partial charge on any atom is -0.376 e. The molecular weight excluding hydrogens is 208 g/mol. The molecule has 0 unspecified atom stereocenters. The Balaban J connectivity index is 4.24. The third-order valence-electron chi connectivity index (χ3n) is 1.93. The van der Waals surface area contributed by atoms with E-state index in [1.807, 2.05) is 19.9 Å². The second kappa shape index (κ2) is 9.09. The van der Waals surface area contributed by atoms with Crippen molar-refractivity contribution in [2.24, 2.45) is 0 Å². The molecule has 4 heteroatoms. The zero-order valence-corrected chi connectivity index (χ0v) is 11.7. The molecule has 0 bridgehead atoms. The molecule has 0 heterocycles. The SMILES string of the molecule is C=CC[SiH2]OC(CCC)(OCC)OCC. The molecule has 0 aliphatic carbocycles. The van der Waals surface area contributed by atoms with Crippen LogP contribution in [0.25, 0.3) is 0 Å². The summed E-state index contributed by atoms with van der Waals surface area (Å²) in [5.41, 5.74) is 0. The Labute approximate surface area is 95.7 Å². The highest BCUT2D eigenvalue weighted by Crippen LogP contribution is 2.21. The number of hydrogen-bond acceptors (Lipinski definition) is 3. The van der Waals surface area contributed by atoms with Gasteiger partial charge in [-0.2, -0.15) is 0 Å². The van der Waals surface area contributed by atoms with Crippen LogP contribution in [0.4, 0.5) is 0 Å². The predicted octanol–water partition coefficient (Wildman–Crippen LogP) is 2.22. The normalized spacial score (nSPS) is 12.5. The molecule has 0 aliphatic rings. The number of allylic oxidation sites excluding steroid dienone is 1. The molecule has 0 fully saturated rings. The van der Waals surface area contributed by atoms with Gasteiger partial charge >= 0.3 is 0 Å². The molecule has 0 amide bonds. The highest BCUT2D eigenvalue weighted by Gasteiger charge is 2.30. The second-order valence-electron chi connectivity index (χ2n) is 3.22. The first-order valence-corrected chi connectivity index (χ1v) is 7.35. The van der Waals surface area contributed by atoms with Gasteiger partial charge in [0.1, 0.15) is 0 Å². The van der Waals surface area contributed by atoms with Crippen LogP contribution in [0, 0.1) is 0 Å². The lowest BCUT2D eigenvalue weighted by molar-refractivity contribution is -0.345. The maximum Gasteiger partial charge on any atom is 0.272 e. The summed E-state index contributed by atoms with van der Waals surface area (Å²) >= 11 is 0. The molecule has 90 valence electrons. The van der Waals surface area contributed by atoms with Crippen molar-refractivity contribution < 1.29 is 13.9 Å². The molecule has 15 heavy (non-hydrogen) atoms. The van der Waals surface area contributed by atoms with Crippen LogP contribution >= 0.6 is 0 Å². The van der Waals surface area contributed by atoms with Crippen molar-refractivity contribution >= 4 is 9.76 Å². The molecule has 0 aliphatic heterocycles. The van der Waals surface area contributed by atoms with Crippen LogP contribution in [0.3, 0.4) is 0 Å². The van der Waals surface area contributed by atoms with E-state index >= 15 is 0 Å². The number of rotatable bonds is 10. The summed E-state index contributed by atoms with van der Waals surface area (Å²) in [4.78, 5) is 0. The molecule has 0 radical (unpaired) electrons. The van der Waals surface area contributed by atoms with E-state index in [0.717, 1.165) is 18.9 Å². The van der Waals surface area contributed by atoms with Crippen LogP contribution in [0.5, 0.6) is 0 Å². The Bertz CT molecular complexity index is 145. The highest BCUT2D eigenvalue weighted by atomic mass is 28.2. The average molecular weight is 232 g/mol. The lowest BCUT2D eigenvalue weighted by Crippen LogP contribution is -2.40. The molecule has 0 saturated heterocycles. The summed E-state index contributed by atoms with van der Waals surface area (Å²) in [5, 5.41) is 0. The van der Waals surface area contributed by atoms with Crippen molar-refractivity contribution in [2.45, 2.75) is 45.6 Å². The van der Waals surface area contributed by atoms with Crippen molar-refractivity contribution in [3.05, 3.63) is 12.7 Å². The average Bonchev–Trinajstić information content (AvgIpc) is 2.19. The molecule has 3 nitrogen and oxygen atoms in total. The Morgan fingerprint density at radius 1 is 1.20 bits per heavy atom. The molecule has 0 saturated carbocycles. The first-order valence-electron chi connectivity index (χ1n) is 5.77. The van der Waals surface area contributed by atoms with Gasteiger partial charge in [-0.15, -0.1) is 6.58 Å². The van der Waals surface area contributed by atoms with Crippen LogP contribution in [0.15, 0.2) is 12.7 Å². The van der Waals surface area contributed by atoms with Gasteiger partial charge < -0.3 is 13.9 Å². The molecule has 0 rings (SSSR count). The van der Waals surface area contributed by atoms with Crippen molar-refractivity contribution in [2.75, 3.05) is 13.2 Å². The smallest absolute Gasteiger partial charge is 0.272 e. The van der Waals surface area contributed by atoms with Crippen molar-refractivity contribution in [1.82, 2.24) is 0 Å². The molecule has 0 aromatic rings. The van der Waals surface area contributed by atoms with Crippen molar-refractivity contribution in [3.63, 3.8) is 0 Å². The van der Waals surface area contributed by atoms with Gasteiger partial charge in [-0.05, 0) is 26.3 Å². The van der Waals surface area contributed by atoms with Crippen molar-refractivity contribution in [3.8, 4) is 0 Å². The van der Waals surface area contributed by atoms with E-state index < -0.39 is 15.7 Å². The van der Waals surface area contributed by atoms with Gasteiger partial charge in [-0.25, -0.2) is 0 Å². The van der Waals surface area contributed by atoms with Gasteiger partial charge in [0.2, 0.25) is 0 Å². The van der Waals surface area contributed by atoms with Gasteiger partial charge in [0, 0.05) is 19.6 Å². The molecule has 0 atom stereocenters. The lowest BCUT2D eigenvalue weighted by Gasteiger charge is -2.32. The molecule has 0 aromatic heterocycles. The molecule has 0 aromatic carbocycles. The van der Waals surface area contributed by atoms with E-state index in [9.17, 15) is 0 Å². The summed E-state index contributed by atoms with van der Waals surface area (Å²) < 4.78 is 17.0. The van der Waals surface area contributed by atoms with Crippen LogP contribution in [-0.2, 0) is 13.9 Å². The summed E-state index contributed by atoms with van der Waals surface area (Å²) in [6.45, 7) is 10.9. The minimum absolute atomic E-state index is 0.614. The first kappa shape index (κ1) is 14.8. The Hall–Kier alpha value is -0.163. The van der Waals surface area contributed by atoms with Crippen LogP contribution in [0.2, 0.25) is 6.04 Å². The van der Waals surface area contributed by atoms with E-state index in [4.69, 9.17) is 13.9 Å². The third-order valence-corrected chi connectivity index (χ3v) is 3.22. The monoisotopic (exact) mass is 232 g/mol. The lowest BCUT2D eigenvalue weighted by atomic mass is 10.3. The topological polar surface area (TPSA) is 27.7 Å². The van der Waals surface area contributed by atoms with E-state index in [1.54, 1.807) is 0 Å². The maximum atomic E-state index is 5.81. The van der Waals surface area contributed by atoms with E-state index in [-0.39, 0.29) is 0 Å². The number of hydrogen-bond donors (Lipinski definition) is 0. The third kappa shape index (κ3) is 6.09. The highest BCUT2D eigenvalue weighted by molar-refractivity contribution is 6.27. The van der Waals surface area contributed by atoms with Gasteiger partial charge in [-0.3, -0.25) is 0 Å². The largest absolute Gasteiger partial charge is 0.376 e. The summed E-state index contributed by atoms with van der Waals surface area (Å²) in [6.07, 6.45) is 3.67. The molecule has 0 spiro atoms. The fourth-order valence-corrected chi connectivity index (χ4v) is 2.29. The summed E-state index contributed by atoms with van der Waals surface area (Å²) in [6, 6.07) is 0.950. The fraction of sp³-hybridized carbons (Fsp3) is 0.818. The summed E-state index contributed by atoms with van der Waals surface area (Å²) in [7, 11) is -0.622. The van der Waals surface area contributed by atoms with Gasteiger partial charge in [0.05, 0.1) is 0 Å². The Kier molecular flexibility index (Phi) is 8.99. The first-order chi connectivity index (χ1) is 7.24. The standard InChI is InChI=1S/C11H24O3Si/c1-5-9-11(12-7-3,13-8-4)14-15-10-6-2/h6H,2,5,7-10,15H2,1,3-4H3. The zero-order valence-electron chi connectivity index (χ0n) is 10.3. The van der Waals surface area contributed by atoms with Crippen LogP contribution in [-0.4, -0.2) is 29.0 Å². The number of ether oxygens (including phenoxy) is 2. The second-order valence-corrected chi connectivity index (χ2v) is 4.50.